The predicted molar refractivity (Wildman–Crippen MR) is 96.8 cm³/mol. The Morgan fingerprint density at radius 2 is 2.03 bits per heavy atom. The lowest BCUT2D eigenvalue weighted by atomic mass is 10.1. The van der Waals surface area contributed by atoms with Crippen LogP contribution in [0.15, 0.2) is 18.2 Å². The van der Waals surface area contributed by atoms with Crippen LogP contribution in [0.3, 0.4) is 0 Å². The third-order valence-electron chi connectivity index (χ3n) is 4.74. The second-order valence-corrected chi connectivity index (χ2v) is 6.68. The van der Waals surface area contributed by atoms with E-state index in [9.17, 15) is 28.1 Å². The van der Waals surface area contributed by atoms with Gasteiger partial charge in [-0.2, -0.15) is 18.3 Å². The average molecular weight is 412 g/mol. The van der Waals surface area contributed by atoms with E-state index in [1.54, 1.807) is 0 Å². The maximum Gasteiger partial charge on any atom is 0.435 e. The zero-order chi connectivity index (χ0) is 21.2. The van der Waals surface area contributed by atoms with Gasteiger partial charge in [0.25, 0.3) is 5.69 Å². The highest BCUT2D eigenvalue weighted by Crippen LogP contribution is 2.35. The molecule has 29 heavy (non-hydrogen) atoms. The van der Waals surface area contributed by atoms with Crippen LogP contribution in [-0.2, 0) is 30.4 Å². The fourth-order valence-corrected chi connectivity index (χ4v) is 3.43. The molecule has 1 N–H and O–H groups in total. The lowest BCUT2D eigenvalue weighted by Crippen LogP contribution is -2.22. The topological polar surface area (TPSA) is 99.3 Å². The molecule has 1 aliphatic carbocycles. The van der Waals surface area contributed by atoms with E-state index in [0.29, 0.717) is 25.0 Å². The van der Waals surface area contributed by atoms with Gasteiger partial charge in [-0.15, -0.1) is 0 Å². The number of carbonyl (C=O) groups is 1. The van der Waals surface area contributed by atoms with Crippen molar-refractivity contribution in [3.8, 4) is 5.75 Å². The third kappa shape index (κ3) is 4.49. The molecule has 0 spiro atoms. The van der Waals surface area contributed by atoms with E-state index in [-0.39, 0.29) is 29.1 Å². The summed E-state index contributed by atoms with van der Waals surface area (Å²) in [6, 6.07) is 3.89. The molecule has 0 saturated carbocycles. The molecule has 0 aliphatic heterocycles. The van der Waals surface area contributed by atoms with Crippen molar-refractivity contribution >= 4 is 17.3 Å². The Labute approximate surface area is 163 Å². The number of hydrogen-bond donors (Lipinski definition) is 1. The first-order valence-corrected chi connectivity index (χ1v) is 8.98. The highest BCUT2D eigenvalue weighted by atomic mass is 19.4. The van der Waals surface area contributed by atoms with Crippen molar-refractivity contribution in [3.05, 3.63) is 45.3 Å². The average Bonchev–Trinajstić information content (AvgIpc) is 2.84. The summed E-state index contributed by atoms with van der Waals surface area (Å²) in [5.74, 6) is -0.469. The van der Waals surface area contributed by atoms with Gasteiger partial charge in [-0.1, -0.05) is 6.42 Å². The van der Waals surface area contributed by atoms with Gasteiger partial charge in [-0.25, -0.2) is 0 Å². The Kier molecular flexibility index (Phi) is 5.76. The van der Waals surface area contributed by atoms with Gasteiger partial charge in [0.1, 0.15) is 18.0 Å². The van der Waals surface area contributed by atoms with Crippen molar-refractivity contribution < 1.29 is 27.6 Å². The van der Waals surface area contributed by atoms with E-state index in [1.165, 1.54) is 19.2 Å². The summed E-state index contributed by atoms with van der Waals surface area (Å²) in [6.07, 6.45) is -1.81. The molecule has 0 fully saturated rings. The zero-order valence-corrected chi connectivity index (χ0v) is 15.6. The SMILES string of the molecule is COc1ccc(NC(=O)Cn2nc(C(F)(F)F)c3c2CCCCC3)c([N+](=O)[O-])c1. The van der Waals surface area contributed by atoms with Crippen molar-refractivity contribution in [2.75, 3.05) is 12.4 Å². The largest absolute Gasteiger partial charge is 0.496 e. The van der Waals surface area contributed by atoms with Gasteiger partial charge >= 0.3 is 6.18 Å². The molecule has 0 radical (unpaired) electrons. The molecular weight excluding hydrogens is 393 g/mol. The minimum Gasteiger partial charge on any atom is -0.496 e. The van der Waals surface area contributed by atoms with Crippen LogP contribution in [0.2, 0.25) is 0 Å². The number of alkyl halides is 3. The van der Waals surface area contributed by atoms with Gasteiger partial charge in [0.05, 0.1) is 18.1 Å². The normalized spacial score (nSPS) is 14.1. The lowest BCUT2D eigenvalue weighted by Gasteiger charge is -2.10. The summed E-state index contributed by atoms with van der Waals surface area (Å²) in [4.78, 5) is 23.0. The minimum atomic E-state index is -4.61. The van der Waals surface area contributed by atoms with Gasteiger partial charge in [0.2, 0.25) is 5.91 Å². The van der Waals surface area contributed by atoms with Gasteiger partial charge < -0.3 is 10.1 Å². The van der Waals surface area contributed by atoms with Crippen molar-refractivity contribution in [3.63, 3.8) is 0 Å². The molecule has 0 bridgehead atoms. The van der Waals surface area contributed by atoms with Crippen molar-refractivity contribution in [2.45, 2.75) is 44.8 Å². The fraction of sp³-hybridized carbons (Fsp3) is 0.444. The minimum absolute atomic E-state index is 0.0740. The number of methoxy groups -OCH3 is 1. The molecular formula is C18H19F3N4O4. The van der Waals surface area contributed by atoms with Gasteiger partial charge in [0, 0.05) is 11.3 Å². The summed E-state index contributed by atoms with van der Waals surface area (Å²) in [5, 5.41) is 17.3. The molecule has 11 heteroatoms. The number of aromatic nitrogens is 2. The van der Waals surface area contributed by atoms with E-state index in [4.69, 9.17) is 4.74 Å². The van der Waals surface area contributed by atoms with E-state index < -0.39 is 29.2 Å². The molecule has 1 amide bonds. The summed E-state index contributed by atoms with van der Waals surface area (Å²) < 4.78 is 46.1. The number of benzene rings is 1. The number of carbonyl (C=O) groups excluding carboxylic acids is 1. The Hall–Kier alpha value is -3.11. The smallest absolute Gasteiger partial charge is 0.435 e. The molecule has 8 nitrogen and oxygen atoms in total. The number of nitrogens with zero attached hydrogens (tertiary/aromatic N) is 3. The molecule has 1 aromatic carbocycles. The highest BCUT2D eigenvalue weighted by molar-refractivity contribution is 5.93. The summed E-state index contributed by atoms with van der Waals surface area (Å²) in [7, 11) is 1.35. The monoisotopic (exact) mass is 412 g/mol. The molecule has 0 saturated heterocycles. The van der Waals surface area contributed by atoms with E-state index in [2.05, 4.69) is 10.4 Å². The number of nitro groups is 1. The first-order chi connectivity index (χ1) is 13.7. The summed E-state index contributed by atoms with van der Waals surface area (Å²) >= 11 is 0. The van der Waals surface area contributed by atoms with Crippen LogP contribution < -0.4 is 10.1 Å². The molecule has 0 atom stereocenters. The number of nitro benzene ring substituents is 1. The molecule has 1 aliphatic rings. The van der Waals surface area contributed by atoms with Crippen molar-refractivity contribution in [1.82, 2.24) is 9.78 Å². The quantitative estimate of drug-likeness (QED) is 0.458. The molecule has 3 rings (SSSR count). The van der Waals surface area contributed by atoms with E-state index in [1.807, 2.05) is 0 Å². The van der Waals surface area contributed by atoms with Crippen LogP contribution in [-0.4, -0.2) is 27.7 Å². The number of rotatable bonds is 5. The second-order valence-electron chi connectivity index (χ2n) is 6.68. The van der Waals surface area contributed by atoms with E-state index in [0.717, 1.165) is 17.2 Å². The van der Waals surface area contributed by atoms with Gasteiger partial charge in [-0.3, -0.25) is 19.6 Å². The van der Waals surface area contributed by atoms with Crippen LogP contribution in [0.4, 0.5) is 24.5 Å². The second kappa shape index (κ2) is 8.10. The standard InChI is InChI=1S/C18H19F3N4O4/c1-29-11-7-8-13(15(9-11)25(27)28)22-16(26)10-24-14-6-4-2-3-5-12(14)17(23-24)18(19,20)21/h7-9H,2-6,10H2,1H3,(H,22,26). The van der Waals surface area contributed by atoms with Crippen LogP contribution in [0.1, 0.15) is 36.2 Å². The van der Waals surface area contributed by atoms with Gasteiger partial charge in [0.15, 0.2) is 5.69 Å². The molecule has 1 heterocycles. The molecule has 1 aromatic heterocycles. The van der Waals surface area contributed by atoms with E-state index >= 15 is 0 Å². The maximum absolute atomic E-state index is 13.4. The zero-order valence-electron chi connectivity index (χ0n) is 15.6. The highest BCUT2D eigenvalue weighted by Gasteiger charge is 2.39. The summed E-state index contributed by atoms with van der Waals surface area (Å²) in [5.41, 5.74) is -0.881. The predicted octanol–water partition coefficient (Wildman–Crippen LogP) is 3.73. The Morgan fingerprint density at radius 3 is 2.69 bits per heavy atom. The first kappa shape index (κ1) is 20.6. The van der Waals surface area contributed by atoms with Crippen LogP contribution in [0.5, 0.6) is 5.75 Å². The number of fused-ring (bicyclic) bond motifs is 1. The number of nitrogens with one attached hydrogen (secondary N) is 1. The Balaban J connectivity index is 1.87. The van der Waals surface area contributed by atoms with Gasteiger partial charge in [-0.05, 0) is 37.8 Å². The third-order valence-corrected chi connectivity index (χ3v) is 4.74. The number of hydrogen-bond acceptors (Lipinski definition) is 5. The Bertz CT molecular complexity index is 940. The lowest BCUT2D eigenvalue weighted by molar-refractivity contribution is -0.384. The number of halogens is 3. The first-order valence-electron chi connectivity index (χ1n) is 8.98. The molecule has 2 aromatic rings. The molecule has 0 unspecified atom stereocenters. The van der Waals surface area contributed by atoms with Crippen LogP contribution >= 0.6 is 0 Å². The Morgan fingerprint density at radius 1 is 1.31 bits per heavy atom. The molecule has 156 valence electrons. The van der Waals surface area contributed by atoms with Crippen LogP contribution in [0.25, 0.3) is 0 Å². The van der Waals surface area contributed by atoms with Crippen LogP contribution in [0, 0.1) is 10.1 Å². The number of anilines is 1. The van der Waals surface area contributed by atoms with Crippen molar-refractivity contribution in [2.24, 2.45) is 0 Å². The summed E-state index contributed by atoms with van der Waals surface area (Å²) in [6.45, 7) is -0.471. The fourth-order valence-electron chi connectivity index (χ4n) is 3.43. The maximum atomic E-state index is 13.4. The number of amides is 1. The van der Waals surface area contributed by atoms with Crippen molar-refractivity contribution in [1.29, 1.82) is 0 Å². The number of ether oxygens (including phenoxy) is 1.